The van der Waals surface area contributed by atoms with Gasteiger partial charge in [0.15, 0.2) is 6.40 Å². The van der Waals surface area contributed by atoms with Crippen LogP contribution in [0.15, 0.2) is 9.60 Å². The van der Waals surface area contributed by atoms with E-state index in [0.717, 1.165) is 0 Å². The van der Waals surface area contributed by atoms with Gasteiger partial charge >= 0.3 is 0 Å². The Balaban J connectivity index is 3.11. The van der Waals surface area contributed by atoms with Gasteiger partial charge < -0.3 is 9.72 Å². The van der Waals surface area contributed by atoms with Crippen LogP contribution in [0.1, 0.15) is 12.5 Å². The Labute approximate surface area is 95.3 Å². The molecule has 0 atom stereocenters. The molecule has 6 heteroatoms. The number of H-pyrrole nitrogens is 1. The molecule has 0 aliphatic carbocycles. The third kappa shape index (κ3) is 2.36. The van der Waals surface area contributed by atoms with Crippen molar-refractivity contribution in [1.82, 2.24) is 4.98 Å². The third-order valence-corrected chi connectivity index (χ3v) is 2.15. The van der Waals surface area contributed by atoms with Crippen molar-refractivity contribution in [2.75, 3.05) is 6.61 Å². The quantitative estimate of drug-likeness (QED) is 0.519. The molecular weight excluding hydrogens is 260 g/mol. The Kier molecular flexibility index (Phi) is 3.90. The molecule has 0 bridgehead atoms. The summed E-state index contributed by atoms with van der Waals surface area (Å²) in [5, 5.41) is 8.79. The molecule has 0 amide bonds. The molecule has 0 aliphatic heterocycles. The van der Waals surface area contributed by atoms with Gasteiger partial charge in [-0.3, -0.25) is 0 Å². The molecule has 0 aliphatic rings. The average molecular weight is 267 g/mol. The maximum absolute atomic E-state index is 8.79. The summed E-state index contributed by atoms with van der Waals surface area (Å²) < 4.78 is 5.36. The predicted molar refractivity (Wildman–Crippen MR) is 59.2 cm³/mol. The van der Waals surface area contributed by atoms with Crippen LogP contribution < -0.4 is 0 Å². The smallest absolute Gasteiger partial charge is 0.248 e. The van der Waals surface area contributed by atoms with Crippen molar-refractivity contribution in [3.8, 4) is 6.07 Å². The Morgan fingerprint density at radius 1 is 1.80 bits per heavy atom. The highest BCUT2D eigenvalue weighted by Crippen LogP contribution is 2.36. The Bertz CT molecular complexity index is 464. The zero-order chi connectivity index (χ0) is 11.3. The first-order valence-electron chi connectivity index (χ1n) is 4.07. The van der Waals surface area contributed by atoms with Crippen LogP contribution >= 0.6 is 15.9 Å². The number of ether oxygens (including phenoxy) is 1. The number of nitrogens with one attached hydrogen (secondary N) is 1. The van der Waals surface area contributed by atoms with Gasteiger partial charge in [-0.1, -0.05) is 0 Å². The molecule has 0 fully saturated rings. The largest absolute Gasteiger partial charge is 0.483 e. The van der Waals surface area contributed by atoms with E-state index in [1.807, 2.05) is 13.0 Å². The highest BCUT2D eigenvalue weighted by atomic mass is 79.9. The van der Waals surface area contributed by atoms with E-state index in [1.54, 1.807) is 0 Å². The number of halogens is 1. The van der Waals surface area contributed by atoms with Crippen molar-refractivity contribution in [3.63, 3.8) is 0 Å². The Hall–Kier alpha value is -1.79. The van der Waals surface area contributed by atoms with Crippen LogP contribution in [-0.2, 0) is 4.74 Å². The second-order valence-corrected chi connectivity index (χ2v) is 3.22. The molecule has 0 spiro atoms. The van der Waals surface area contributed by atoms with Crippen LogP contribution in [0.4, 0.5) is 11.5 Å². The summed E-state index contributed by atoms with van der Waals surface area (Å²) in [6.07, 6.45) is 1.24. The third-order valence-electron chi connectivity index (χ3n) is 1.56. The van der Waals surface area contributed by atoms with Crippen molar-refractivity contribution in [1.29, 1.82) is 5.26 Å². The molecular formula is C9H7BrN4O. The SMILES string of the molecule is [C-]#[N+]c1c(/N=C\OCC)[nH]c(Br)c1C#N. The maximum Gasteiger partial charge on any atom is 0.248 e. The number of hydrogen-bond donors (Lipinski definition) is 1. The van der Waals surface area contributed by atoms with Crippen LogP contribution in [0, 0.1) is 17.9 Å². The number of aromatic amines is 1. The average Bonchev–Trinajstić information content (AvgIpc) is 2.54. The number of aromatic nitrogens is 1. The summed E-state index contributed by atoms with van der Waals surface area (Å²) in [5.74, 6) is 0.321. The minimum Gasteiger partial charge on any atom is -0.483 e. The van der Waals surface area contributed by atoms with Gasteiger partial charge in [0.25, 0.3) is 0 Å². The molecule has 1 aromatic heterocycles. The maximum atomic E-state index is 8.79. The number of nitriles is 1. The molecule has 5 nitrogen and oxygen atoms in total. The monoisotopic (exact) mass is 266 g/mol. The molecule has 0 aromatic carbocycles. The van der Waals surface area contributed by atoms with Crippen molar-refractivity contribution < 1.29 is 4.74 Å². The lowest BCUT2D eigenvalue weighted by Crippen LogP contribution is -1.83. The molecule has 1 heterocycles. The molecule has 0 radical (unpaired) electrons. The zero-order valence-electron chi connectivity index (χ0n) is 7.91. The van der Waals surface area contributed by atoms with Crippen molar-refractivity contribution in [3.05, 3.63) is 21.6 Å². The lowest BCUT2D eigenvalue weighted by molar-refractivity contribution is 0.344. The summed E-state index contributed by atoms with van der Waals surface area (Å²) >= 11 is 3.14. The molecule has 1 rings (SSSR count). The molecule has 0 saturated carbocycles. The lowest BCUT2D eigenvalue weighted by Gasteiger charge is -1.91. The fourth-order valence-corrected chi connectivity index (χ4v) is 1.38. The second kappa shape index (κ2) is 5.18. The highest BCUT2D eigenvalue weighted by molar-refractivity contribution is 9.10. The van der Waals surface area contributed by atoms with Gasteiger partial charge in [-0.25, -0.2) is 9.84 Å². The van der Waals surface area contributed by atoms with E-state index in [4.69, 9.17) is 16.6 Å². The topological polar surface area (TPSA) is 65.5 Å². The van der Waals surface area contributed by atoms with E-state index >= 15 is 0 Å². The Morgan fingerprint density at radius 2 is 2.53 bits per heavy atom. The fourth-order valence-electron chi connectivity index (χ4n) is 0.917. The van der Waals surface area contributed by atoms with Crippen LogP contribution in [0.2, 0.25) is 0 Å². The summed E-state index contributed by atoms with van der Waals surface area (Å²) in [6, 6.07) is 1.92. The summed E-state index contributed by atoms with van der Waals surface area (Å²) in [6.45, 7) is 9.27. The summed E-state index contributed by atoms with van der Waals surface area (Å²) in [4.78, 5) is 9.91. The van der Waals surface area contributed by atoms with Gasteiger partial charge in [0, 0.05) is 0 Å². The molecule has 0 unspecified atom stereocenters. The van der Waals surface area contributed by atoms with Crippen molar-refractivity contribution >= 4 is 33.8 Å². The number of hydrogen-bond acceptors (Lipinski definition) is 3. The van der Waals surface area contributed by atoms with Crippen LogP contribution in [0.5, 0.6) is 0 Å². The van der Waals surface area contributed by atoms with E-state index in [1.165, 1.54) is 6.40 Å². The van der Waals surface area contributed by atoms with Gasteiger partial charge in [-0.05, 0) is 22.9 Å². The molecule has 15 heavy (non-hydrogen) atoms. The fraction of sp³-hybridized carbons (Fsp3) is 0.222. The standard InChI is InChI=1S/C9H7BrN4O/c1-3-15-5-13-9-7(12-2)6(4-11)8(10)14-9/h5,14H,3H2,1H3/b13-5-. The molecule has 1 aromatic rings. The van der Waals surface area contributed by atoms with Crippen LogP contribution in [0.3, 0.4) is 0 Å². The highest BCUT2D eigenvalue weighted by Gasteiger charge is 2.15. The number of nitrogens with zero attached hydrogens (tertiary/aromatic N) is 3. The first-order valence-corrected chi connectivity index (χ1v) is 4.87. The minimum absolute atomic E-state index is 0.195. The lowest BCUT2D eigenvalue weighted by atomic mass is 10.3. The van der Waals surface area contributed by atoms with Crippen molar-refractivity contribution in [2.45, 2.75) is 6.92 Å². The first-order chi connectivity index (χ1) is 7.24. The normalized spacial score (nSPS) is 9.87. The molecule has 76 valence electrons. The van der Waals surface area contributed by atoms with Crippen molar-refractivity contribution in [2.24, 2.45) is 4.99 Å². The van der Waals surface area contributed by atoms with Gasteiger partial charge in [0.2, 0.25) is 5.69 Å². The molecule has 1 N–H and O–H groups in total. The van der Waals surface area contributed by atoms with E-state index in [2.05, 4.69) is 30.8 Å². The van der Waals surface area contributed by atoms with Gasteiger partial charge in [-0.15, -0.1) is 0 Å². The summed E-state index contributed by atoms with van der Waals surface area (Å²) in [5.41, 5.74) is 0.453. The number of rotatable bonds is 3. The predicted octanol–water partition coefficient (Wildman–Crippen LogP) is 2.90. The van der Waals surface area contributed by atoms with Gasteiger partial charge in [0.05, 0.1) is 29.4 Å². The first kappa shape index (κ1) is 11.3. The zero-order valence-corrected chi connectivity index (χ0v) is 9.50. The van der Waals surface area contributed by atoms with E-state index in [-0.39, 0.29) is 11.3 Å². The van der Waals surface area contributed by atoms with Crippen LogP contribution in [0.25, 0.3) is 4.85 Å². The summed E-state index contributed by atoms with van der Waals surface area (Å²) in [7, 11) is 0. The van der Waals surface area contributed by atoms with E-state index in [9.17, 15) is 0 Å². The number of aliphatic imine (C=N–C) groups is 1. The van der Waals surface area contributed by atoms with Gasteiger partial charge in [0.1, 0.15) is 5.82 Å². The second-order valence-electron chi connectivity index (χ2n) is 2.42. The van der Waals surface area contributed by atoms with Gasteiger partial charge in [-0.2, -0.15) is 5.26 Å². The van der Waals surface area contributed by atoms with E-state index < -0.39 is 0 Å². The molecule has 0 saturated heterocycles. The van der Waals surface area contributed by atoms with Crippen LogP contribution in [-0.4, -0.2) is 18.0 Å². The van der Waals surface area contributed by atoms with E-state index in [0.29, 0.717) is 17.0 Å². The minimum atomic E-state index is 0.195. The Morgan fingerprint density at radius 3 is 3.07 bits per heavy atom.